The van der Waals surface area contributed by atoms with Crippen molar-refractivity contribution in [1.82, 2.24) is 0 Å². The van der Waals surface area contributed by atoms with Crippen molar-refractivity contribution < 1.29 is 27.4 Å². The number of benzene rings is 4. The van der Waals surface area contributed by atoms with Gasteiger partial charge in [0.05, 0.1) is 13.7 Å². The van der Waals surface area contributed by atoms with Crippen molar-refractivity contribution in [1.29, 1.82) is 0 Å². The normalized spacial score (nSPS) is 14.6. The first kappa shape index (κ1) is 22.0. The fourth-order valence-electron chi connectivity index (χ4n) is 3.79. The molecular formula is C28H21F3O3. The molecule has 1 heterocycles. The summed E-state index contributed by atoms with van der Waals surface area (Å²) in [7, 11) is 1.54. The maximum Gasteiger partial charge on any atom is 0.167 e. The summed E-state index contributed by atoms with van der Waals surface area (Å²) in [6.07, 6.45) is -0.139. The Labute approximate surface area is 195 Å². The highest BCUT2D eigenvalue weighted by Gasteiger charge is 2.27. The summed E-state index contributed by atoms with van der Waals surface area (Å²) in [4.78, 5) is 0. The third-order valence-electron chi connectivity index (χ3n) is 5.83. The maximum absolute atomic E-state index is 14.7. The Kier molecular flexibility index (Phi) is 5.99. The van der Waals surface area contributed by atoms with Crippen molar-refractivity contribution in [2.24, 2.45) is 0 Å². The van der Waals surface area contributed by atoms with Gasteiger partial charge in [0.1, 0.15) is 30.0 Å². The average Bonchev–Trinajstić information content (AvgIpc) is 3.71. The molecule has 0 spiro atoms. The second-order valence-corrected chi connectivity index (χ2v) is 8.00. The quantitative estimate of drug-likeness (QED) is 0.275. The van der Waals surface area contributed by atoms with Crippen LogP contribution in [0.1, 0.15) is 17.2 Å². The molecule has 1 aliphatic heterocycles. The van der Waals surface area contributed by atoms with Gasteiger partial charge in [0.15, 0.2) is 11.6 Å². The van der Waals surface area contributed by atoms with E-state index in [1.165, 1.54) is 18.2 Å². The van der Waals surface area contributed by atoms with Crippen molar-refractivity contribution in [2.75, 3.05) is 13.7 Å². The summed E-state index contributed by atoms with van der Waals surface area (Å²) in [6.45, 7) is 0.423. The van der Waals surface area contributed by atoms with Crippen LogP contribution >= 0.6 is 0 Å². The topological polar surface area (TPSA) is 31.0 Å². The lowest BCUT2D eigenvalue weighted by Gasteiger charge is -2.11. The summed E-state index contributed by atoms with van der Waals surface area (Å²) in [5.41, 5.74) is 2.94. The molecule has 0 aromatic heterocycles. The van der Waals surface area contributed by atoms with Crippen LogP contribution in [0.3, 0.4) is 0 Å². The molecule has 4 aromatic rings. The first-order valence-corrected chi connectivity index (χ1v) is 10.8. The van der Waals surface area contributed by atoms with Crippen LogP contribution in [0, 0.1) is 17.5 Å². The second kappa shape index (κ2) is 9.23. The van der Waals surface area contributed by atoms with Crippen LogP contribution in [0.25, 0.3) is 22.3 Å². The van der Waals surface area contributed by atoms with Gasteiger partial charge in [-0.1, -0.05) is 48.5 Å². The fourth-order valence-corrected chi connectivity index (χ4v) is 3.79. The Balaban J connectivity index is 1.27. The van der Waals surface area contributed by atoms with E-state index in [1.54, 1.807) is 61.7 Å². The van der Waals surface area contributed by atoms with Crippen LogP contribution in [0.2, 0.25) is 0 Å². The molecule has 3 nitrogen and oxygen atoms in total. The first-order valence-electron chi connectivity index (χ1n) is 10.8. The van der Waals surface area contributed by atoms with E-state index in [4.69, 9.17) is 14.2 Å². The predicted octanol–water partition coefficient (Wildman–Crippen LogP) is 7.10. The lowest BCUT2D eigenvalue weighted by Crippen LogP contribution is -2.02. The van der Waals surface area contributed by atoms with E-state index >= 15 is 0 Å². The van der Waals surface area contributed by atoms with E-state index in [9.17, 15) is 13.2 Å². The Morgan fingerprint density at radius 2 is 1.41 bits per heavy atom. The largest absolute Gasteiger partial charge is 0.497 e. The van der Waals surface area contributed by atoms with Crippen molar-refractivity contribution in [2.45, 2.75) is 12.7 Å². The van der Waals surface area contributed by atoms with Gasteiger partial charge >= 0.3 is 0 Å². The molecule has 1 atom stereocenters. The summed E-state index contributed by atoms with van der Waals surface area (Å²) < 4.78 is 59.6. The number of methoxy groups -OCH3 is 1. The van der Waals surface area contributed by atoms with Gasteiger partial charge in [-0.3, -0.25) is 0 Å². The van der Waals surface area contributed by atoms with E-state index in [0.717, 1.165) is 11.1 Å². The van der Waals surface area contributed by atoms with Gasteiger partial charge in [0, 0.05) is 16.7 Å². The second-order valence-electron chi connectivity index (χ2n) is 8.00. The lowest BCUT2D eigenvalue weighted by molar-refractivity contribution is 0.297. The molecule has 34 heavy (non-hydrogen) atoms. The molecule has 172 valence electrons. The van der Waals surface area contributed by atoms with Crippen LogP contribution < -0.4 is 9.47 Å². The minimum Gasteiger partial charge on any atom is -0.497 e. The summed E-state index contributed by atoms with van der Waals surface area (Å²) in [6, 6.07) is 21.9. The minimum atomic E-state index is -0.944. The van der Waals surface area contributed by atoms with E-state index in [0.29, 0.717) is 29.2 Å². The fraction of sp³-hybridized carbons (Fsp3) is 0.143. The number of ether oxygens (including phenoxy) is 3. The van der Waals surface area contributed by atoms with Crippen molar-refractivity contribution in [3.05, 3.63) is 107 Å². The summed E-state index contributed by atoms with van der Waals surface area (Å²) in [5, 5.41) is 0. The molecule has 0 N–H and O–H groups in total. The highest BCUT2D eigenvalue weighted by Crippen LogP contribution is 2.34. The number of hydrogen-bond acceptors (Lipinski definition) is 3. The van der Waals surface area contributed by atoms with Gasteiger partial charge in [0.25, 0.3) is 0 Å². The highest BCUT2D eigenvalue weighted by atomic mass is 19.2. The number of rotatable bonds is 7. The molecule has 1 fully saturated rings. The molecule has 5 rings (SSSR count). The molecule has 0 amide bonds. The average molecular weight is 462 g/mol. The number of halogens is 3. The minimum absolute atomic E-state index is 0.110. The Bertz CT molecular complexity index is 1310. The third kappa shape index (κ3) is 4.50. The smallest absolute Gasteiger partial charge is 0.167 e. The van der Waals surface area contributed by atoms with Crippen LogP contribution in [0.4, 0.5) is 13.2 Å². The Morgan fingerprint density at radius 3 is 2.06 bits per heavy atom. The molecule has 1 aliphatic rings. The number of hydrogen-bond donors (Lipinski definition) is 0. The molecule has 1 unspecified atom stereocenters. The van der Waals surface area contributed by atoms with E-state index < -0.39 is 11.6 Å². The summed E-state index contributed by atoms with van der Waals surface area (Å²) in [5.74, 6) is -1.04. The lowest BCUT2D eigenvalue weighted by atomic mass is 10.0. The van der Waals surface area contributed by atoms with E-state index in [-0.39, 0.29) is 29.7 Å². The van der Waals surface area contributed by atoms with Crippen LogP contribution in [0.5, 0.6) is 11.5 Å². The molecule has 0 bridgehead atoms. The Morgan fingerprint density at radius 1 is 0.765 bits per heavy atom. The van der Waals surface area contributed by atoms with E-state index in [2.05, 4.69) is 0 Å². The number of epoxide rings is 1. The Hall–Kier alpha value is -3.77. The molecular weight excluding hydrogens is 441 g/mol. The zero-order valence-electron chi connectivity index (χ0n) is 18.4. The van der Waals surface area contributed by atoms with Crippen molar-refractivity contribution >= 4 is 0 Å². The maximum atomic E-state index is 14.7. The SMILES string of the molecule is COc1ccc(-c2ccc(COc3ccc(-c4ccc(C5CO5)c(F)c4)cc3)c(F)c2F)cc1. The molecule has 0 saturated carbocycles. The van der Waals surface area contributed by atoms with Gasteiger partial charge in [0.2, 0.25) is 0 Å². The van der Waals surface area contributed by atoms with Crippen LogP contribution in [-0.4, -0.2) is 13.7 Å². The zero-order chi connectivity index (χ0) is 23.7. The molecule has 4 aromatic carbocycles. The van der Waals surface area contributed by atoms with Gasteiger partial charge in [-0.15, -0.1) is 0 Å². The molecule has 0 aliphatic carbocycles. The highest BCUT2D eigenvalue weighted by molar-refractivity contribution is 5.66. The van der Waals surface area contributed by atoms with Crippen LogP contribution in [-0.2, 0) is 11.3 Å². The van der Waals surface area contributed by atoms with Gasteiger partial charge in [-0.2, -0.15) is 0 Å². The van der Waals surface area contributed by atoms with Gasteiger partial charge in [-0.25, -0.2) is 13.2 Å². The molecule has 1 saturated heterocycles. The summed E-state index contributed by atoms with van der Waals surface area (Å²) >= 11 is 0. The van der Waals surface area contributed by atoms with Gasteiger partial charge in [-0.05, 0) is 47.0 Å². The third-order valence-corrected chi connectivity index (χ3v) is 5.83. The standard InChI is InChI=1S/C28H21F3O3/c1-32-21-8-4-18(5-9-21)23-12-7-20(27(30)28(23)31)15-33-22-10-2-17(3-11-22)19-6-13-24(25(29)14-19)26-16-34-26/h2-14,26H,15-16H2,1H3. The molecule has 0 radical (unpaired) electrons. The molecule has 6 heteroatoms. The predicted molar refractivity (Wildman–Crippen MR) is 123 cm³/mol. The van der Waals surface area contributed by atoms with Crippen molar-refractivity contribution in [3.63, 3.8) is 0 Å². The van der Waals surface area contributed by atoms with Crippen molar-refractivity contribution in [3.8, 4) is 33.8 Å². The van der Waals surface area contributed by atoms with Gasteiger partial charge < -0.3 is 14.2 Å². The van der Waals surface area contributed by atoms with E-state index in [1.807, 2.05) is 6.07 Å². The monoisotopic (exact) mass is 462 g/mol. The zero-order valence-corrected chi connectivity index (χ0v) is 18.4. The first-order chi connectivity index (χ1) is 16.5. The van der Waals surface area contributed by atoms with Crippen LogP contribution in [0.15, 0.2) is 78.9 Å².